The van der Waals surface area contributed by atoms with Crippen LogP contribution in [0.15, 0.2) is 54.6 Å². The van der Waals surface area contributed by atoms with Crippen molar-refractivity contribution in [1.29, 1.82) is 0 Å². The second kappa shape index (κ2) is 9.47. The molecule has 2 aromatic rings. The average molecular weight is 325 g/mol. The summed E-state index contributed by atoms with van der Waals surface area (Å²) in [6.45, 7) is 0.776. The number of hydrogen-bond acceptors (Lipinski definition) is 3. The standard InChI is InChI=1S/C19H23N3O2/c20-13-14-21-19(24)16-10-4-5-11-17(16)22-18(23)12-6-9-15-7-2-1-3-8-15/h1-5,7-8,10-11H,6,9,12-14,20H2,(H,21,24)(H,22,23). The molecule has 0 unspecified atom stereocenters. The molecule has 0 spiro atoms. The van der Waals surface area contributed by atoms with E-state index in [0.717, 1.165) is 12.8 Å². The largest absolute Gasteiger partial charge is 0.351 e. The van der Waals surface area contributed by atoms with Crippen molar-refractivity contribution < 1.29 is 9.59 Å². The van der Waals surface area contributed by atoms with E-state index in [1.54, 1.807) is 24.3 Å². The predicted octanol–water partition coefficient (Wildman–Crippen LogP) is 2.34. The maximum Gasteiger partial charge on any atom is 0.253 e. The van der Waals surface area contributed by atoms with Gasteiger partial charge in [-0.05, 0) is 30.5 Å². The summed E-state index contributed by atoms with van der Waals surface area (Å²) in [6, 6.07) is 17.0. The highest BCUT2D eigenvalue weighted by molar-refractivity contribution is 6.03. The Labute approximate surface area is 142 Å². The first kappa shape index (κ1) is 17.7. The Bertz CT molecular complexity index is 671. The molecular weight excluding hydrogens is 302 g/mol. The van der Waals surface area contributed by atoms with Crippen LogP contribution in [-0.4, -0.2) is 24.9 Å². The monoisotopic (exact) mass is 325 g/mol. The zero-order chi connectivity index (χ0) is 17.2. The minimum Gasteiger partial charge on any atom is -0.351 e. The van der Waals surface area contributed by atoms with E-state index in [0.29, 0.717) is 30.8 Å². The number of rotatable bonds is 8. The van der Waals surface area contributed by atoms with E-state index in [1.807, 2.05) is 18.2 Å². The van der Waals surface area contributed by atoms with Crippen molar-refractivity contribution in [3.63, 3.8) is 0 Å². The molecule has 0 aromatic heterocycles. The van der Waals surface area contributed by atoms with Crippen molar-refractivity contribution in [3.05, 3.63) is 65.7 Å². The number of amides is 2. The van der Waals surface area contributed by atoms with Crippen molar-refractivity contribution in [2.75, 3.05) is 18.4 Å². The molecule has 0 atom stereocenters. The van der Waals surface area contributed by atoms with E-state index in [-0.39, 0.29) is 11.8 Å². The normalized spacial score (nSPS) is 10.2. The molecule has 0 aliphatic rings. The van der Waals surface area contributed by atoms with Gasteiger partial charge < -0.3 is 16.4 Å². The first-order chi connectivity index (χ1) is 11.7. The Hall–Kier alpha value is -2.66. The van der Waals surface area contributed by atoms with Crippen LogP contribution in [0.3, 0.4) is 0 Å². The number of aryl methyl sites for hydroxylation is 1. The zero-order valence-corrected chi connectivity index (χ0v) is 13.6. The molecule has 126 valence electrons. The Balaban J connectivity index is 1.88. The van der Waals surface area contributed by atoms with Gasteiger partial charge in [0.15, 0.2) is 0 Å². The molecule has 0 aliphatic heterocycles. The first-order valence-electron chi connectivity index (χ1n) is 8.12. The SMILES string of the molecule is NCCNC(=O)c1ccccc1NC(=O)CCCc1ccccc1. The molecule has 2 amide bonds. The van der Waals surface area contributed by atoms with Crippen LogP contribution in [0, 0.1) is 0 Å². The fraction of sp³-hybridized carbons (Fsp3) is 0.263. The van der Waals surface area contributed by atoms with E-state index < -0.39 is 0 Å². The van der Waals surface area contributed by atoms with E-state index in [4.69, 9.17) is 5.73 Å². The van der Waals surface area contributed by atoms with Crippen LogP contribution < -0.4 is 16.4 Å². The molecule has 4 N–H and O–H groups in total. The number of hydrogen-bond donors (Lipinski definition) is 3. The number of para-hydroxylation sites is 1. The summed E-state index contributed by atoms with van der Waals surface area (Å²) in [5, 5.41) is 5.53. The number of anilines is 1. The van der Waals surface area contributed by atoms with Gasteiger partial charge >= 0.3 is 0 Å². The molecule has 0 heterocycles. The summed E-state index contributed by atoms with van der Waals surface area (Å²) in [5.74, 6) is -0.328. The van der Waals surface area contributed by atoms with Crippen LogP contribution in [0.25, 0.3) is 0 Å². The molecule has 5 nitrogen and oxygen atoms in total. The molecule has 0 bridgehead atoms. The maximum atomic E-state index is 12.1. The van der Waals surface area contributed by atoms with Crippen molar-refractivity contribution in [2.45, 2.75) is 19.3 Å². The second-order valence-corrected chi connectivity index (χ2v) is 5.48. The van der Waals surface area contributed by atoms with Gasteiger partial charge in [-0.1, -0.05) is 42.5 Å². The van der Waals surface area contributed by atoms with Gasteiger partial charge in [-0.25, -0.2) is 0 Å². The Morgan fingerprint density at radius 2 is 1.67 bits per heavy atom. The fourth-order valence-electron chi connectivity index (χ4n) is 2.38. The van der Waals surface area contributed by atoms with E-state index in [2.05, 4.69) is 22.8 Å². The molecule has 0 aliphatic carbocycles. The number of benzene rings is 2. The van der Waals surface area contributed by atoms with Crippen LogP contribution in [0.2, 0.25) is 0 Å². The second-order valence-electron chi connectivity index (χ2n) is 5.48. The summed E-state index contributed by atoms with van der Waals surface area (Å²) in [4.78, 5) is 24.2. The lowest BCUT2D eigenvalue weighted by atomic mass is 10.1. The van der Waals surface area contributed by atoms with Crippen LogP contribution in [0.5, 0.6) is 0 Å². The molecule has 0 radical (unpaired) electrons. The number of nitrogens with two attached hydrogens (primary N) is 1. The lowest BCUT2D eigenvalue weighted by Gasteiger charge is -2.11. The van der Waals surface area contributed by atoms with Gasteiger partial charge in [0, 0.05) is 19.5 Å². The van der Waals surface area contributed by atoms with Crippen molar-refractivity contribution >= 4 is 17.5 Å². The van der Waals surface area contributed by atoms with E-state index in [9.17, 15) is 9.59 Å². The van der Waals surface area contributed by atoms with Crippen LogP contribution in [0.4, 0.5) is 5.69 Å². The minimum absolute atomic E-state index is 0.0926. The number of nitrogens with one attached hydrogen (secondary N) is 2. The van der Waals surface area contributed by atoms with Gasteiger partial charge in [0.2, 0.25) is 5.91 Å². The summed E-state index contributed by atoms with van der Waals surface area (Å²) in [5.41, 5.74) is 7.58. The topological polar surface area (TPSA) is 84.2 Å². The first-order valence-corrected chi connectivity index (χ1v) is 8.12. The summed E-state index contributed by atoms with van der Waals surface area (Å²) < 4.78 is 0. The highest BCUT2D eigenvalue weighted by atomic mass is 16.2. The van der Waals surface area contributed by atoms with Crippen molar-refractivity contribution in [2.24, 2.45) is 5.73 Å². The van der Waals surface area contributed by atoms with Gasteiger partial charge in [0.25, 0.3) is 5.91 Å². The zero-order valence-electron chi connectivity index (χ0n) is 13.6. The Kier molecular flexibility index (Phi) is 6.98. The Morgan fingerprint density at radius 3 is 2.42 bits per heavy atom. The van der Waals surface area contributed by atoms with Crippen LogP contribution in [-0.2, 0) is 11.2 Å². The van der Waals surface area contributed by atoms with E-state index >= 15 is 0 Å². The van der Waals surface area contributed by atoms with Crippen LogP contribution in [0.1, 0.15) is 28.8 Å². The lowest BCUT2D eigenvalue weighted by molar-refractivity contribution is -0.116. The van der Waals surface area contributed by atoms with Gasteiger partial charge in [0.1, 0.15) is 0 Å². The maximum absolute atomic E-state index is 12.1. The number of carbonyl (C=O) groups excluding carboxylic acids is 2. The molecule has 2 aromatic carbocycles. The van der Waals surface area contributed by atoms with Crippen molar-refractivity contribution in [3.8, 4) is 0 Å². The molecule has 0 saturated heterocycles. The minimum atomic E-state index is -0.236. The van der Waals surface area contributed by atoms with Gasteiger partial charge in [-0.2, -0.15) is 0 Å². The third-order valence-corrected chi connectivity index (χ3v) is 3.59. The average Bonchev–Trinajstić information content (AvgIpc) is 2.61. The predicted molar refractivity (Wildman–Crippen MR) is 95.8 cm³/mol. The summed E-state index contributed by atoms with van der Waals surface area (Å²) in [6.07, 6.45) is 2.03. The smallest absolute Gasteiger partial charge is 0.253 e. The molecule has 5 heteroatoms. The highest BCUT2D eigenvalue weighted by Crippen LogP contribution is 2.15. The third kappa shape index (κ3) is 5.52. The highest BCUT2D eigenvalue weighted by Gasteiger charge is 2.12. The van der Waals surface area contributed by atoms with Crippen LogP contribution >= 0.6 is 0 Å². The van der Waals surface area contributed by atoms with E-state index in [1.165, 1.54) is 5.56 Å². The third-order valence-electron chi connectivity index (χ3n) is 3.59. The van der Waals surface area contributed by atoms with Gasteiger partial charge in [-0.3, -0.25) is 9.59 Å². The molecular formula is C19H23N3O2. The van der Waals surface area contributed by atoms with Crippen molar-refractivity contribution in [1.82, 2.24) is 5.32 Å². The number of carbonyl (C=O) groups is 2. The molecule has 2 rings (SSSR count). The summed E-state index contributed by atoms with van der Waals surface area (Å²) in [7, 11) is 0. The lowest BCUT2D eigenvalue weighted by Crippen LogP contribution is -2.29. The van der Waals surface area contributed by atoms with Gasteiger partial charge in [0.05, 0.1) is 11.3 Å². The summed E-state index contributed by atoms with van der Waals surface area (Å²) >= 11 is 0. The molecule has 0 fully saturated rings. The fourth-order valence-corrected chi connectivity index (χ4v) is 2.38. The Morgan fingerprint density at radius 1 is 0.958 bits per heavy atom. The quantitative estimate of drug-likeness (QED) is 0.696. The van der Waals surface area contributed by atoms with Gasteiger partial charge in [-0.15, -0.1) is 0 Å². The molecule has 0 saturated carbocycles. The molecule has 24 heavy (non-hydrogen) atoms.